The zero-order valence-corrected chi connectivity index (χ0v) is 13.6. The highest BCUT2D eigenvalue weighted by Crippen LogP contribution is 2.28. The van der Waals surface area contributed by atoms with E-state index in [1.807, 2.05) is 24.3 Å². The van der Waals surface area contributed by atoms with Crippen LogP contribution in [0.2, 0.25) is 0 Å². The average molecular weight is 319 g/mol. The Balaban J connectivity index is 2.22. The lowest BCUT2D eigenvalue weighted by Gasteiger charge is -2.09. The Morgan fingerprint density at radius 3 is 2.82 bits per heavy atom. The molecule has 22 heavy (non-hydrogen) atoms. The number of thiophene rings is 1. The third-order valence-electron chi connectivity index (χ3n) is 3.45. The Kier molecular flexibility index (Phi) is 3.74. The summed E-state index contributed by atoms with van der Waals surface area (Å²) in [7, 11) is 0. The summed E-state index contributed by atoms with van der Waals surface area (Å²) in [6.45, 7) is 5.88. The van der Waals surface area contributed by atoms with Crippen LogP contribution in [0.4, 0.5) is 0 Å². The van der Waals surface area contributed by atoms with Crippen molar-refractivity contribution in [3.05, 3.63) is 33.2 Å². The Morgan fingerprint density at radius 1 is 1.36 bits per heavy atom. The largest absolute Gasteiger partial charge is 0.465 e. The summed E-state index contributed by atoms with van der Waals surface area (Å²) in [5.74, 6) is 0.309. The number of carbonyl (C=O) groups excluding carboxylic acids is 1. The van der Waals surface area contributed by atoms with Crippen LogP contribution in [0.3, 0.4) is 0 Å². The first kappa shape index (κ1) is 14.8. The van der Waals surface area contributed by atoms with Gasteiger partial charge in [-0.25, -0.2) is 4.68 Å². The SMILES string of the molecule is CCOC(=O)Cn1nc(CC)n2c(cc3cc(C)sc32)c1=O. The minimum absolute atomic E-state index is 0.159. The molecular weight excluding hydrogens is 302 g/mol. The lowest BCUT2D eigenvalue weighted by atomic mass is 10.3. The Labute approximate surface area is 130 Å². The van der Waals surface area contributed by atoms with Crippen molar-refractivity contribution in [3.8, 4) is 0 Å². The minimum atomic E-state index is -0.451. The van der Waals surface area contributed by atoms with Crippen LogP contribution in [0.25, 0.3) is 15.7 Å². The third-order valence-corrected chi connectivity index (χ3v) is 4.50. The summed E-state index contributed by atoms with van der Waals surface area (Å²) >= 11 is 1.64. The molecule has 0 aliphatic carbocycles. The van der Waals surface area contributed by atoms with Gasteiger partial charge in [0.05, 0.1) is 6.61 Å². The van der Waals surface area contributed by atoms with Gasteiger partial charge in [-0.2, -0.15) is 5.10 Å². The molecule has 116 valence electrons. The molecule has 7 heteroatoms. The molecule has 0 aliphatic rings. The van der Waals surface area contributed by atoms with E-state index in [-0.39, 0.29) is 18.7 Å². The number of aromatic nitrogens is 3. The second kappa shape index (κ2) is 5.57. The van der Waals surface area contributed by atoms with Crippen molar-refractivity contribution in [1.82, 2.24) is 14.2 Å². The van der Waals surface area contributed by atoms with E-state index in [4.69, 9.17) is 4.74 Å². The molecule has 0 radical (unpaired) electrons. The summed E-state index contributed by atoms with van der Waals surface area (Å²) in [5, 5.41) is 5.38. The van der Waals surface area contributed by atoms with E-state index in [2.05, 4.69) is 11.2 Å². The molecule has 6 nitrogen and oxygen atoms in total. The third kappa shape index (κ3) is 2.31. The molecule has 3 rings (SSSR count). The van der Waals surface area contributed by atoms with Crippen molar-refractivity contribution in [2.24, 2.45) is 0 Å². The molecule has 0 aliphatic heterocycles. The number of hydrogen-bond acceptors (Lipinski definition) is 5. The zero-order valence-electron chi connectivity index (χ0n) is 12.8. The molecule has 0 unspecified atom stereocenters. The highest BCUT2D eigenvalue weighted by molar-refractivity contribution is 7.18. The number of esters is 1. The van der Waals surface area contributed by atoms with E-state index in [1.54, 1.807) is 18.3 Å². The Bertz CT molecular complexity index is 920. The maximum atomic E-state index is 12.6. The predicted molar refractivity (Wildman–Crippen MR) is 85.6 cm³/mol. The molecule has 0 saturated heterocycles. The Morgan fingerprint density at radius 2 is 2.14 bits per heavy atom. The zero-order chi connectivity index (χ0) is 15.9. The van der Waals surface area contributed by atoms with Crippen molar-refractivity contribution < 1.29 is 9.53 Å². The van der Waals surface area contributed by atoms with Crippen LogP contribution in [0.5, 0.6) is 0 Å². The summed E-state index contributed by atoms with van der Waals surface area (Å²) in [6, 6.07) is 3.92. The molecular formula is C15H17N3O3S. The van der Waals surface area contributed by atoms with Gasteiger partial charge in [0.25, 0.3) is 5.56 Å². The van der Waals surface area contributed by atoms with Crippen LogP contribution in [0.1, 0.15) is 24.5 Å². The molecule has 3 heterocycles. The van der Waals surface area contributed by atoms with Gasteiger partial charge < -0.3 is 4.74 Å². The molecule has 0 bridgehead atoms. The maximum absolute atomic E-state index is 12.6. The van der Waals surface area contributed by atoms with Crippen molar-refractivity contribution in [1.29, 1.82) is 0 Å². The van der Waals surface area contributed by atoms with Gasteiger partial charge in [0.1, 0.15) is 22.7 Å². The van der Waals surface area contributed by atoms with Gasteiger partial charge in [-0.1, -0.05) is 6.92 Å². The first-order valence-electron chi connectivity index (χ1n) is 7.22. The molecule has 0 atom stereocenters. The molecule has 0 amide bonds. The second-order valence-electron chi connectivity index (χ2n) is 5.02. The van der Waals surface area contributed by atoms with E-state index in [0.29, 0.717) is 11.9 Å². The standard InChI is InChI=1S/C15H17N3O3S/c1-4-12-16-17(8-13(19)21-5-2)14(20)11-7-10-6-9(3)22-15(10)18(11)12/h6-7H,4-5,8H2,1-3H3. The van der Waals surface area contributed by atoms with Crippen LogP contribution in [0.15, 0.2) is 16.9 Å². The van der Waals surface area contributed by atoms with Crippen LogP contribution < -0.4 is 5.56 Å². The number of carbonyl (C=O) groups is 1. The van der Waals surface area contributed by atoms with E-state index in [0.717, 1.165) is 16.0 Å². The van der Waals surface area contributed by atoms with Gasteiger partial charge in [0.2, 0.25) is 0 Å². The number of rotatable bonds is 4. The van der Waals surface area contributed by atoms with E-state index < -0.39 is 5.97 Å². The first-order chi connectivity index (χ1) is 10.5. The van der Waals surface area contributed by atoms with Gasteiger partial charge >= 0.3 is 5.97 Å². The molecule has 3 aromatic rings. The smallest absolute Gasteiger partial charge is 0.327 e. The average Bonchev–Trinajstić information content (AvgIpc) is 2.98. The summed E-state index contributed by atoms with van der Waals surface area (Å²) in [6.07, 6.45) is 0.667. The van der Waals surface area contributed by atoms with Crippen molar-refractivity contribution in [3.63, 3.8) is 0 Å². The van der Waals surface area contributed by atoms with Gasteiger partial charge in [0, 0.05) is 16.7 Å². The normalized spacial score (nSPS) is 11.4. The summed E-state index contributed by atoms with van der Waals surface area (Å²) < 4.78 is 8.00. The highest BCUT2D eigenvalue weighted by Gasteiger charge is 2.16. The van der Waals surface area contributed by atoms with Crippen molar-refractivity contribution in [2.45, 2.75) is 33.7 Å². The Hall–Kier alpha value is -2.15. The molecule has 0 fully saturated rings. The van der Waals surface area contributed by atoms with E-state index in [1.165, 1.54) is 9.56 Å². The lowest BCUT2D eigenvalue weighted by molar-refractivity contribution is -0.144. The fourth-order valence-corrected chi connectivity index (χ4v) is 3.58. The topological polar surface area (TPSA) is 65.6 Å². The molecule has 0 aromatic carbocycles. The number of fused-ring (bicyclic) bond motifs is 3. The van der Waals surface area contributed by atoms with E-state index in [9.17, 15) is 9.59 Å². The van der Waals surface area contributed by atoms with Crippen LogP contribution >= 0.6 is 11.3 Å². The second-order valence-corrected chi connectivity index (χ2v) is 6.25. The minimum Gasteiger partial charge on any atom is -0.465 e. The molecule has 3 aromatic heterocycles. The number of aryl methyl sites for hydroxylation is 2. The van der Waals surface area contributed by atoms with Crippen molar-refractivity contribution >= 4 is 33.0 Å². The monoisotopic (exact) mass is 319 g/mol. The van der Waals surface area contributed by atoms with Gasteiger partial charge in [-0.3, -0.25) is 14.0 Å². The lowest BCUT2D eigenvalue weighted by Crippen LogP contribution is -2.30. The van der Waals surface area contributed by atoms with Gasteiger partial charge in [-0.15, -0.1) is 11.3 Å². The fourth-order valence-electron chi connectivity index (χ4n) is 2.56. The molecule has 0 spiro atoms. The predicted octanol–water partition coefficient (Wildman–Crippen LogP) is 2.14. The number of nitrogens with zero attached hydrogens (tertiary/aromatic N) is 3. The molecule has 0 N–H and O–H groups in total. The number of ether oxygens (including phenoxy) is 1. The van der Waals surface area contributed by atoms with Crippen LogP contribution in [-0.2, 0) is 22.5 Å². The fraction of sp³-hybridized carbons (Fsp3) is 0.400. The summed E-state index contributed by atoms with van der Waals surface area (Å²) in [4.78, 5) is 26.4. The van der Waals surface area contributed by atoms with Crippen LogP contribution in [-0.4, -0.2) is 26.8 Å². The van der Waals surface area contributed by atoms with E-state index >= 15 is 0 Å². The van der Waals surface area contributed by atoms with Gasteiger partial charge in [0.15, 0.2) is 0 Å². The maximum Gasteiger partial charge on any atom is 0.327 e. The highest BCUT2D eigenvalue weighted by atomic mass is 32.1. The number of hydrogen-bond donors (Lipinski definition) is 0. The van der Waals surface area contributed by atoms with Gasteiger partial charge in [-0.05, 0) is 26.0 Å². The quantitative estimate of drug-likeness (QED) is 0.691. The first-order valence-corrected chi connectivity index (χ1v) is 8.04. The summed E-state index contributed by atoms with van der Waals surface area (Å²) in [5.41, 5.74) is 0.281. The van der Waals surface area contributed by atoms with Crippen molar-refractivity contribution in [2.75, 3.05) is 6.61 Å². The molecule has 0 saturated carbocycles. The van der Waals surface area contributed by atoms with Crippen LogP contribution in [0, 0.1) is 6.92 Å².